The van der Waals surface area contributed by atoms with Crippen molar-refractivity contribution < 1.29 is 9.59 Å². The zero-order valence-electron chi connectivity index (χ0n) is 11.1. The molecule has 2 amide bonds. The zero-order chi connectivity index (χ0) is 15.4. The molecule has 2 aromatic carbocycles. The fourth-order valence-electron chi connectivity index (χ4n) is 1.75. The van der Waals surface area contributed by atoms with Crippen LogP contribution in [0.25, 0.3) is 0 Å². The van der Waals surface area contributed by atoms with Gasteiger partial charge in [0, 0.05) is 11.4 Å². The topological polar surface area (TPSA) is 58.2 Å². The first kappa shape index (κ1) is 15.5. The number of rotatable bonds is 3. The van der Waals surface area contributed by atoms with E-state index in [9.17, 15) is 9.59 Å². The molecule has 0 saturated heterocycles. The van der Waals surface area contributed by atoms with Crippen LogP contribution in [0.15, 0.2) is 46.9 Å². The first-order valence-electron chi connectivity index (χ1n) is 6.10. The molecule has 2 aromatic rings. The van der Waals surface area contributed by atoms with Crippen molar-refractivity contribution in [1.82, 2.24) is 0 Å². The standard InChI is InChI=1S/C15H12BrClN2O2/c1-9(20)18-13-7-6-10(16)8-14(13)19-15(21)11-4-2-3-5-12(11)17/h2-8H,1H3,(H,18,20)(H,19,21). The van der Waals surface area contributed by atoms with Crippen LogP contribution < -0.4 is 10.6 Å². The zero-order valence-corrected chi connectivity index (χ0v) is 13.5. The molecule has 21 heavy (non-hydrogen) atoms. The number of benzene rings is 2. The summed E-state index contributed by atoms with van der Waals surface area (Å²) in [6, 6.07) is 11.9. The third-order valence-electron chi connectivity index (χ3n) is 2.66. The van der Waals surface area contributed by atoms with Crippen molar-refractivity contribution in [1.29, 1.82) is 0 Å². The molecular weight excluding hydrogens is 356 g/mol. The molecule has 0 radical (unpaired) electrons. The number of nitrogens with one attached hydrogen (secondary N) is 2. The third-order valence-corrected chi connectivity index (χ3v) is 3.48. The van der Waals surface area contributed by atoms with Crippen molar-refractivity contribution in [2.45, 2.75) is 6.92 Å². The number of carbonyl (C=O) groups excluding carboxylic acids is 2. The van der Waals surface area contributed by atoms with Crippen molar-refractivity contribution in [3.63, 3.8) is 0 Å². The Morgan fingerprint density at radius 3 is 2.43 bits per heavy atom. The van der Waals surface area contributed by atoms with E-state index in [0.717, 1.165) is 4.47 Å². The molecule has 0 fully saturated rings. The van der Waals surface area contributed by atoms with Crippen LogP contribution in [-0.4, -0.2) is 11.8 Å². The highest BCUT2D eigenvalue weighted by atomic mass is 79.9. The molecule has 4 nitrogen and oxygen atoms in total. The molecule has 108 valence electrons. The van der Waals surface area contributed by atoms with Crippen LogP contribution in [-0.2, 0) is 4.79 Å². The van der Waals surface area contributed by atoms with Crippen LogP contribution >= 0.6 is 27.5 Å². The molecule has 0 unspecified atom stereocenters. The largest absolute Gasteiger partial charge is 0.325 e. The molecule has 6 heteroatoms. The molecule has 0 bridgehead atoms. The van der Waals surface area contributed by atoms with E-state index < -0.39 is 0 Å². The van der Waals surface area contributed by atoms with E-state index in [1.54, 1.807) is 42.5 Å². The lowest BCUT2D eigenvalue weighted by molar-refractivity contribution is -0.114. The van der Waals surface area contributed by atoms with E-state index in [-0.39, 0.29) is 11.8 Å². The highest BCUT2D eigenvalue weighted by Crippen LogP contribution is 2.27. The minimum atomic E-state index is -0.342. The SMILES string of the molecule is CC(=O)Nc1ccc(Br)cc1NC(=O)c1ccccc1Cl. The van der Waals surface area contributed by atoms with Crippen molar-refractivity contribution >= 4 is 50.7 Å². The quantitative estimate of drug-likeness (QED) is 0.849. The summed E-state index contributed by atoms with van der Waals surface area (Å²) >= 11 is 9.33. The van der Waals surface area contributed by atoms with Gasteiger partial charge in [-0.3, -0.25) is 9.59 Å². The summed E-state index contributed by atoms with van der Waals surface area (Å²) in [6.45, 7) is 1.40. The fraction of sp³-hybridized carbons (Fsp3) is 0.0667. The Labute approximate surface area is 135 Å². The molecule has 0 heterocycles. The van der Waals surface area contributed by atoms with Gasteiger partial charge in [-0.2, -0.15) is 0 Å². The average molecular weight is 368 g/mol. The smallest absolute Gasteiger partial charge is 0.257 e. The predicted molar refractivity (Wildman–Crippen MR) is 87.9 cm³/mol. The van der Waals surface area contributed by atoms with Crippen LogP contribution in [0, 0.1) is 0 Å². The van der Waals surface area contributed by atoms with Gasteiger partial charge >= 0.3 is 0 Å². The summed E-state index contributed by atoms with van der Waals surface area (Å²) < 4.78 is 0.783. The Hall–Kier alpha value is -1.85. The first-order valence-corrected chi connectivity index (χ1v) is 7.27. The molecule has 0 saturated carbocycles. The van der Waals surface area contributed by atoms with Gasteiger partial charge in [-0.1, -0.05) is 39.7 Å². The van der Waals surface area contributed by atoms with E-state index >= 15 is 0 Å². The van der Waals surface area contributed by atoms with Crippen LogP contribution in [0.2, 0.25) is 5.02 Å². The summed E-state index contributed by atoms with van der Waals surface area (Å²) in [5, 5.41) is 5.78. The maximum absolute atomic E-state index is 12.3. The van der Waals surface area contributed by atoms with Gasteiger partial charge in [-0.15, -0.1) is 0 Å². The minimum absolute atomic E-state index is 0.217. The summed E-state index contributed by atoms with van der Waals surface area (Å²) in [6.07, 6.45) is 0. The van der Waals surface area contributed by atoms with E-state index in [1.165, 1.54) is 6.92 Å². The van der Waals surface area contributed by atoms with Gasteiger partial charge in [0.25, 0.3) is 5.91 Å². The number of halogens is 2. The molecule has 2 rings (SSSR count). The Balaban J connectivity index is 2.30. The Bertz CT molecular complexity index is 704. The molecule has 0 aliphatic rings. The fourth-order valence-corrected chi connectivity index (χ4v) is 2.34. The highest BCUT2D eigenvalue weighted by Gasteiger charge is 2.13. The predicted octanol–water partition coefficient (Wildman–Crippen LogP) is 4.31. The summed E-state index contributed by atoms with van der Waals surface area (Å²) in [5.41, 5.74) is 1.38. The van der Waals surface area contributed by atoms with E-state index in [0.29, 0.717) is 22.0 Å². The average Bonchev–Trinajstić information content (AvgIpc) is 2.42. The van der Waals surface area contributed by atoms with Gasteiger partial charge in [0.05, 0.1) is 22.0 Å². The molecule has 0 aromatic heterocycles. The molecule has 0 aliphatic carbocycles. The van der Waals surface area contributed by atoms with Gasteiger partial charge in [-0.25, -0.2) is 0 Å². The van der Waals surface area contributed by atoms with Crippen molar-refractivity contribution in [2.24, 2.45) is 0 Å². The molecular formula is C15H12BrClN2O2. The van der Waals surface area contributed by atoms with Crippen molar-refractivity contribution in [2.75, 3.05) is 10.6 Å². The lowest BCUT2D eigenvalue weighted by atomic mass is 10.2. The Morgan fingerprint density at radius 1 is 1.05 bits per heavy atom. The van der Waals surface area contributed by atoms with Gasteiger partial charge in [-0.05, 0) is 30.3 Å². The van der Waals surface area contributed by atoms with Crippen molar-refractivity contribution in [3.05, 3.63) is 57.5 Å². The van der Waals surface area contributed by atoms with E-state index in [1.807, 2.05) is 0 Å². The van der Waals surface area contributed by atoms with Crippen LogP contribution in [0.3, 0.4) is 0 Å². The monoisotopic (exact) mass is 366 g/mol. The second-order valence-electron chi connectivity index (χ2n) is 4.31. The number of hydrogen-bond acceptors (Lipinski definition) is 2. The van der Waals surface area contributed by atoms with E-state index in [2.05, 4.69) is 26.6 Å². The molecule has 0 spiro atoms. The lowest BCUT2D eigenvalue weighted by Crippen LogP contribution is -2.15. The summed E-state index contributed by atoms with van der Waals surface area (Å²) in [4.78, 5) is 23.5. The van der Waals surface area contributed by atoms with Crippen LogP contribution in [0.1, 0.15) is 17.3 Å². The molecule has 2 N–H and O–H groups in total. The maximum atomic E-state index is 12.3. The van der Waals surface area contributed by atoms with E-state index in [4.69, 9.17) is 11.6 Å². The van der Waals surface area contributed by atoms with Gasteiger partial charge in [0.15, 0.2) is 0 Å². The molecule has 0 atom stereocenters. The summed E-state index contributed by atoms with van der Waals surface area (Å²) in [7, 11) is 0. The van der Waals surface area contributed by atoms with Gasteiger partial charge < -0.3 is 10.6 Å². The van der Waals surface area contributed by atoms with Crippen LogP contribution in [0.5, 0.6) is 0 Å². The third kappa shape index (κ3) is 4.06. The lowest BCUT2D eigenvalue weighted by Gasteiger charge is -2.12. The van der Waals surface area contributed by atoms with Crippen molar-refractivity contribution in [3.8, 4) is 0 Å². The Kier molecular flexibility index (Phi) is 4.98. The number of hydrogen-bond donors (Lipinski definition) is 2. The number of amides is 2. The van der Waals surface area contributed by atoms with Crippen LogP contribution in [0.4, 0.5) is 11.4 Å². The summed E-state index contributed by atoms with van der Waals surface area (Å²) in [5.74, 6) is -0.559. The molecule has 0 aliphatic heterocycles. The number of carbonyl (C=O) groups is 2. The minimum Gasteiger partial charge on any atom is -0.325 e. The van der Waals surface area contributed by atoms with Gasteiger partial charge in [0.2, 0.25) is 5.91 Å². The van der Waals surface area contributed by atoms with Gasteiger partial charge in [0.1, 0.15) is 0 Å². The first-order chi connectivity index (χ1) is 9.97. The second kappa shape index (κ2) is 6.74. The highest BCUT2D eigenvalue weighted by molar-refractivity contribution is 9.10. The number of anilines is 2. The normalized spacial score (nSPS) is 10.0. The maximum Gasteiger partial charge on any atom is 0.257 e. The Morgan fingerprint density at radius 2 is 1.76 bits per heavy atom. The second-order valence-corrected chi connectivity index (χ2v) is 5.63.